The molecule has 4 nitrogen and oxygen atoms in total. The zero-order valence-electron chi connectivity index (χ0n) is 9.29. The van der Waals surface area contributed by atoms with Gasteiger partial charge in [0.2, 0.25) is 0 Å². The third-order valence-corrected chi connectivity index (χ3v) is 2.47. The van der Waals surface area contributed by atoms with Crippen molar-refractivity contribution in [3.05, 3.63) is 53.9 Å². The summed E-state index contributed by atoms with van der Waals surface area (Å²) in [5.41, 5.74) is 1.54. The van der Waals surface area contributed by atoms with E-state index in [0.29, 0.717) is 16.9 Å². The number of hydrogen-bond donors (Lipinski definition) is 0. The average molecular weight is 229 g/mol. The SMILES string of the molecule is COC(=O)c1ccccc1-n1cccc1C=O. The van der Waals surface area contributed by atoms with Crippen LogP contribution >= 0.6 is 0 Å². The molecule has 2 aromatic rings. The van der Waals surface area contributed by atoms with E-state index in [-0.39, 0.29) is 0 Å². The maximum absolute atomic E-state index is 11.6. The Kier molecular flexibility index (Phi) is 3.05. The number of carbonyl (C=O) groups excluding carboxylic acids is 2. The van der Waals surface area contributed by atoms with Crippen molar-refractivity contribution in [3.63, 3.8) is 0 Å². The van der Waals surface area contributed by atoms with Crippen molar-refractivity contribution >= 4 is 12.3 Å². The molecule has 17 heavy (non-hydrogen) atoms. The van der Waals surface area contributed by atoms with Crippen LogP contribution in [-0.2, 0) is 4.74 Å². The van der Waals surface area contributed by atoms with Crippen LogP contribution in [0.1, 0.15) is 20.8 Å². The summed E-state index contributed by atoms with van der Waals surface area (Å²) in [7, 11) is 1.33. The first-order valence-electron chi connectivity index (χ1n) is 5.08. The minimum absolute atomic E-state index is 0.425. The Hall–Kier alpha value is -2.36. The summed E-state index contributed by atoms with van der Waals surface area (Å²) < 4.78 is 6.36. The molecule has 0 aliphatic heterocycles. The number of hydrogen-bond acceptors (Lipinski definition) is 3. The van der Waals surface area contributed by atoms with Crippen LogP contribution in [0, 0.1) is 0 Å². The molecule has 0 spiro atoms. The molecule has 0 atom stereocenters. The Labute approximate surface area is 98.4 Å². The fourth-order valence-electron chi connectivity index (χ4n) is 1.68. The summed E-state index contributed by atoms with van der Waals surface area (Å²) in [5, 5.41) is 0. The first kappa shape index (κ1) is 11.1. The van der Waals surface area contributed by atoms with Crippen molar-refractivity contribution in [3.8, 4) is 5.69 Å². The van der Waals surface area contributed by atoms with Crippen LogP contribution in [0.4, 0.5) is 0 Å². The van der Waals surface area contributed by atoms with E-state index < -0.39 is 5.97 Å². The summed E-state index contributed by atoms with van der Waals surface area (Å²) in [4.78, 5) is 22.5. The Bertz CT molecular complexity index is 557. The van der Waals surface area contributed by atoms with Gasteiger partial charge in [0.15, 0.2) is 6.29 Å². The molecule has 0 fully saturated rings. The van der Waals surface area contributed by atoms with Gasteiger partial charge in [-0.25, -0.2) is 4.79 Å². The number of carbonyl (C=O) groups is 2. The molecule has 0 N–H and O–H groups in total. The molecule has 1 aromatic heterocycles. The van der Waals surface area contributed by atoms with Crippen molar-refractivity contribution < 1.29 is 14.3 Å². The molecule has 0 radical (unpaired) electrons. The van der Waals surface area contributed by atoms with Crippen LogP contribution in [0.15, 0.2) is 42.6 Å². The van der Waals surface area contributed by atoms with Gasteiger partial charge in [-0.3, -0.25) is 4.79 Å². The number of para-hydroxylation sites is 1. The van der Waals surface area contributed by atoms with E-state index in [1.54, 1.807) is 47.2 Å². The molecular weight excluding hydrogens is 218 g/mol. The summed E-state index contributed by atoms with van der Waals surface area (Å²) >= 11 is 0. The number of ether oxygens (including phenoxy) is 1. The summed E-state index contributed by atoms with van der Waals surface area (Å²) in [5.74, 6) is -0.425. The Morgan fingerprint density at radius 3 is 2.71 bits per heavy atom. The molecule has 86 valence electrons. The molecule has 2 rings (SSSR count). The van der Waals surface area contributed by atoms with Crippen molar-refractivity contribution in [1.82, 2.24) is 4.57 Å². The minimum Gasteiger partial charge on any atom is -0.465 e. The van der Waals surface area contributed by atoms with Gasteiger partial charge in [-0.15, -0.1) is 0 Å². The monoisotopic (exact) mass is 229 g/mol. The van der Waals surface area contributed by atoms with Gasteiger partial charge in [0.1, 0.15) is 0 Å². The van der Waals surface area contributed by atoms with E-state index in [4.69, 9.17) is 4.74 Å². The lowest BCUT2D eigenvalue weighted by Gasteiger charge is -2.10. The first-order valence-corrected chi connectivity index (χ1v) is 5.08. The van der Waals surface area contributed by atoms with Crippen LogP contribution in [0.5, 0.6) is 0 Å². The second-order valence-corrected chi connectivity index (χ2v) is 3.43. The fraction of sp³-hybridized carbons (Fsp3) is 0.0769. The highest BCUT2D eigenvalue weighted by Crippen LogP contribution is 2.17. The zero-order valence-corrected chi connectivity index (χ0v) is 9.29. The average Bonchev–Trinajstić information content (AvgIpc) is 2.86. The van der Waals surface area contributed by atoms with Crippen LogP contribution in [0.2, 0.25) is 0 Å². The highest BCUT2D eigenvalue weighted by atomic mass is 16.5. The molecule has 0 amide bonds. The second-order valence-electron chi connectivity index (χ2n) is 3.43. The van der Waals surface area contributed by atoms with E-state index >= 15 is 0 Å². The Morgan fingerprint density at radius 1 is 1.24 bits per heavy atom. The number of esters is 1. The highest BCUT2D eigenvalue weighted by Gasteiger charge is 2.13. The fourth-order valence-corrected chi connectivity index (χ4v) is 1.68. The molecule has 1 aromatic carbocycles. The maximum atomic E-state index is 11.6. The van der Waals surface area contributed by atoms with Crippen molar-refractivity contribution in [1.29, 1.82) is 0 Å². The molecule has 0 aliphatic rings. The summed E-state index contributed by atoms with van der Waals surface area (Å²) in [6.07, 6.45) is 2.47. The van der Waals surface area contributed by atoms with Crippen molar-refractivity contribution in [2.45, 2.75) is 0 Å². The van der Waals surface area contributed by atoms with Gasteiger partial charge < -0.3 is 9.30 Å². The molecule has 0 saturated carbocycles. The lowest BCUT2D eigenvalue weighted by Crippen LogP contribution is -2.08. The Morgan fingerprint density at radius 2 is 2.00 bits per heavy atom. The smallest absolute Gasteiger partial charge is 0.339 e. The molecule has 4 heteroatoms. The largest absolute Gasteiger partial charge is 0.465 e. The standard InChI is InChI=1S/C13H11NO3/c1-17-13(16)11-6-2-3-7-12(11)14-8-4-5-10(14)9-15/h2-9H,1H3. The lowest BCUT2D eigenvalue weighted by atomic mass is 10.1. The quantitative estimate of drug-likeness (QED) is 0.598. The second kappa shape index (κ2) is 4.65. The topological polar surface area (TPSA) is 48.3 Å². The zero-order chi connectivity index (χ0) is 12.3. The normalized spacial score (nSPS) is 9.94. The van der Waals surface area contributed by atoms with Gasteiger partial charge in [-0.05, 0) is 24.3 Å². The molecule has 0 bridgehead atoms. The number of aromatic nitrogens is 1. The number of rotatable bonds is 3. The molecule has 1 heterocycles. The number of methoxy groups -OCH3 is 1. The molecule has 0 unspecified atom stereocenters. The maximum Gasteiger partial charge on any atom is 0.339 e. The van der Waals surface area contributed by atoms with E-state index in [0.717, 1.165) is 6.29 Å². The van der Waals surface area contributed by atoms with Gasteiger partial charge in [0, 0.05) is 6.20 Å². The first-order chi connectivity index (χ1) is 8.27. The minimum atomic E-state index is -0.425. The number of aldehydes is 1. The van der Waals surface area contributed by atoms with E-state index in [2.05, 4.69) is 0 Å². The van der Waals surface area contributed by atoms with Gasteiger partial charge in [-0.1, -0.05) is 12.1 Å². The van der Waals surface area contributed by atoms with Crippen LogP contribution in [0.3, 0.4) is 0 Å². The van der Waals surface area contributed by atoms with Crippen LogP contribution in [-0.4, -0.2) is 23.9 Å². The van der Waals surface area contributed by atoms with E-state index in [1.807, 2.05) is 0 Å². The van der Waals surface area contributed by atoms with Gasteiger partial charge in [0.25, 0.3) is 0 Å². The predicted octanol–water partition coefficient (Wildman–Crippen LogP) is 2.08. The molecular formula is C13H11NO3. The lowest BCUT2D eigenvalue weighted by molar-refractivity contribution is 0.0600. The third-order valence-electron chi connectivity index (χ3n) is 2.47. The predicted molar refractivity (Wildman–Crippen MR) is 62.5 cm³/mol. The van der Waals surface area contributed by atoms with E-state index in [9.17, 15) is 9.59 Å². The van der Waals surface area contributed by atoms with Crippen LogP contribution < -0.4 is 0 Å². The third kappa shape index (κ3) is 1.97. The Balaban J connectivity index is 2.59. The highest BCUT2D eigenvalue weighted by molar-refractivity contribution is 5.93. The molecule has 0 saturated heterocycles. The van der Waals surface area contributed by atoms with Gasteiger partial charge in [0.05, 0.1) is 24.1 Å². The van der Waals surface area contributed by atoms with Gasteiger partial charge in [-0.2, -0.15) is 0 Å². The molecule has 0 aliphatic carbocycles. The van der Waals surface area contributed by atoms with Gasteiger partial charge >= 0.3 is 5.97 Å². The number of benzene rings is 1. The van der Waals surface area contributed by atoms with Crippen molar-refractivity contribution in [2.24, 2.45) is 0 Å². The van der Waals surface area contributed by atoms with E-state index in [1.165, 1.54) is 7.11 Å². The summed E-state index contributed by atoms with van der Waals surface area (Å²) in [6, 6.07) is 10.4. The summed E-state index contributed by atoms with van der Waals surface area (Å²) in [6.45, 7) is 0. The number of nitrogens with zero attached hydrogens (tertiary/aromatic N) is 1. The van der Waals surface area contributed by atoms with Crippen LogP contribution in [0.25, 0.3) is 5.69 Å². The van der Waals surface area contributed by atoms with Crippen molar-refractivity contribution in [2.75, 3.05) is 7.11 Å².